The molecule has 1 aliphatic rings. The predicted molar refractivity (Wildman–Crippen MR) is 113 cm³/mol. The number of rotatable bonds is 5. The summed E-state index contributed by atoms with van der Waals surface area (Å²) in [5.41, 5.74) is 8.25. The Morgan fingerprint density at radius 1 is 0.929 bits per heavy atom. The maximum absolute atomic E-state index is 12.9. The monoisotopic (exact) mass is 368 g/mol. The number of nitrogens with zero attached hydrogens (tertiary/aromatic N) is 1. The second-order valence-electron chi connectivity index (χ2n) is 7.61. The zero-order valence-corrected chi connectivity index (χ0v) is 16.2. The van der Waals surface area contributed by atoms with Crippen LogP contribution in [0.15, 0.2) is 84.0 Å². The van der Waals surface area contributed by atoms with E-state index in [0.29, 0.717) is 0 Å². The van der Waals surface area contributed by atoms with Crippen molar-refractivity contribution in [1.29, 1.82) is 0 Å². The van der Waals surface area contributed by atoms with Gasteiger partial charge in [0.15, 0.2) is 0 Å². The summed E-state index contributed by atoms with van der Waals surface area (Å²) in [6.07, 6.45) is 2.48. The highest BCUT2D eigenvalue weighted by molar-refractivity contribution is 5.87. The maximum Gasteiger partial charge on any atom is 0.244 e. The topological polar surface area (TPSA) is 41.5 Å². The molecular formula is C25H24N2O. The van der Waals surface area contributed by atoms with Crippen LogP contribution in [0.4, 0.5) is 0 Å². The molecule has 3 aromatic rings. The van der Waals surface area contributed by atoms with E-state index >= 15 is 0 Å². The Labute approximate surface area is 166 Å². The first kappa shape index (κ1) is 18.2. The molecule has 0 aromatic heterocycles. The van der Waals surface area contributed by atoms with Gasteiger partial charge in [-0.15, -0.1) is 0 Å². The van der Waals surface area contributed by atoms with Gasteiger partial charge in [-0.3, -0.25) is 4.79 Å². The number of amides is 1. The van der Waals surface area contributed by atoms with E-state index < -0.39 is 0 Å². The molecule has 0 saturated heterocycles. The molecule has 0 heterocycles. The van der Waals surface area contributed by atoms with Crippen molar-refractivity contribution in [3.05, 3.63) is 107 Å². The maximum atomic E-state index is 12.9. The fraction of sp³-hybridized carbons (Fsp3) is 0.200. The van der Waals surface area contributed by atoms with Gasteiger partial charge in [-0.05, 0) is 37.0 Å². The van der Waals surface area contributed by atoms with E-state index in [2.05, 4.69) is 72.9 Å². The zero-order chi connectivity index (χ0) is 19.6. The van der Waals surface area contributed by atoms with Crippen molar-refractivity contribution < 1.29 is 4.79 Å². The van der Waals surface area contributed by atoms with E-state index in [1.54, 1.807) is 6.21 Å². The van der Waals surface area contributed by atoms with Gasteiger partial charge in [-0.2, -0.15) is 5.10 Å². The lowest BCUT2D eigenvalue weighted by Crippen LogP contribution is -2.25. The Balaban J connectivity index is 1.60. The van der Waals surface area contributed by atoms with Crippen LogP contribution < -0.4 is 5.43 Å². The van der Waals surface area contributed by atoms with Crippen LogP contribution in [0.2, 0.25) is 0 Å². The smallest absolute Gasteiger partial charge is 0.244 e. The number of carbonyl (C=O) groups excluding carboxylic acids is 1. The lowest BCUT2D eigenvalue weighted by Gasteiger charge is -2.19. The molecule has 28 heavy (non-hydrogen) atoms. The quantitative estimate of drug-likeness (QED) is 0.512. The van der Waals surface area contributed by atoms with E-state index in [9.17, 15) is 4.79 Å². The molecule has 1 unspecified atom stereocenters. The van der Waals surface area contributed by atoms with E-state index in [4.69, 9.17) is 0 Å². The molecule has 4 rings (SSSR count). The standard InChI is InChI=1S/C25H24N2O/c1-18-8-6-12-21(14-18)25(22-13-7-9-19(2)15-22)16-23(25)24(28)27-26-17-20-10-4-3-5-11-20/h3-15,17,23H,16H2,1-2H3,(H,27,28)/b26-17+. The first-order chi connectivity index (χ1) is 13.6. The van der Waals surface area contributed by atoms with E-state index in [-0.39, 0.29) is 17.2 Å². The summed E-state index contributed by atoms with van der Waals surface area (Å²) in [4.78, 5) is 12.9. The molecule has 1 fully saturated rings. The number of benzene rings is 3. The molecule has 1 saturated carbocycles. The Morgan fingerprint density at radius 3 is 2.11 bits per heavy atom. The summed E-state index contributed by atoms with van der Waals surface area (Å²) in [6.45, 7) is 4.18. The Kier molecular flexibility index (Phi) is 4.82. The van der Waals surface area contributed by atoms with Gasteiger partial charge in [-0.1, -0.05) is 90.0 Å². The third-order valence-electron chi connectivity index (χ3n) is 5.53. The molecule has 1 amide bonds. The lowest BCUT2D eigenvalue weighted by molar-refractivity contribution is -0.122. The van der Waals surface area contributed by atoms with Crippen molar-refractivity contribution >= 4 is 12.1 Å². The summed E-state index contributed by atoms with van der Waals surface area (Å²) in [5.74, 6) is -0.154. The number of nitrogens with one attached hydrogen (secondary N) is 1. The number of aryl methyl sites for hydroxylation is 2. The van der Waals surface area contributed by atoms with Crippen LogP contribution in [-0.2, 0) is 10.2 Å². The van der Waals surface area contributed by atoms with Gasteiger partial charge in [0.2, 0.25) is 5.91 Å². The number of carbonyl (C=O) groups is 1. The van der Waals surface area contributed by atoms with Crippen molar-refractivity contribution in [2.24, 2.45) is 11.0 Å². The van der Waals surface area contributed by atoms with Crippen molar-refractivity contribution in [3.8, 4) is 0 Å². The minimum absolute atomic E-state index is 0.0322. The second kappa shape index (κ2) is 7.43. The molecule has 0 spiro atoms. The van der Waals surface area contributed by atoms with Gasteiger partial charge < -0.3 is 0 Å². The van der Waals surface area contributed by atoms with Crippen LogP contribution in [0.1, 0.15) is 34.2 Å². The number of hydrazone groups is 1. The third-order valence-corrected chi connectivity index (χ3v) is 5.53. The summed E-state index contributed by atoms with van der Waals surface area (Å²) in [7, 11) is 0. The highest BCUT2D eigenvalue weighted by Gasteiger charge is 2.60. The SMILES string of the molecule is Cc1cccc(C2(c3cccc(C)c3)CC2C(=O)N/N=C/c2ccccc2)c1. The Morgan fingerprint density at radius 2 is 1.54 bits per heavy atom. The summed E-state index contributed by atoms with van der Waals surface area (Å²) < 4.78 is 0. The molecule has 3 aromatic carbocycles. The summed E-state index contributed by atoms with van der Waals surface area (Å²) in [6, 6.07) is 26.8. The van der Waals surface area contributed by atoms with Crippen LogP contribution >= 0.6 is 0 Å². The van der Waals surface area contributed by atoms with Crippen molar-refractivity contribution in [3.63, 3.8) is 0 Å². The minimum Gasteiger partial charge on any atom is -0.273 e. The summed E-state index contributed by atoms with van der Waals surface area (Å²) >= 11 is 0. The molecule has 3 nitrogen and oxygen atoms in total. The molecule has 0 aliphatic heterocycles. The molecule has 140 valence electrons. The molecule has 1 aliphatic carbocycles. The average Bonchev–Trinajstić information content (AvgIpc) is 3.46. The molecule has 1 N–H and O–H groups in total. The predicted octanol–water partition coefficient (Wildman–Crippen LogP) is 4.76. The Bertz CT molecular complexity index is 978. The van der Waals surface area contributed by atoms with Crippen molar-refractivity contribution in [2.75, 3.05) is 0 Å². The fourth-order valence-electron chi connectivity index (χ4n) is 4.02. The van der Waals surface area contributed by atoms with Crippen molar-refractivity contribution in [2.45, 2.75) is 25.7 Å². The normalized spacial score (nSPS) is 17.4. The van der Waals surface area contributed by atoms with Crippen LogP contribution in [0.5, 0.6) is 0 Å². The fourth-order valence-corrected chi connectivity index (χ4v) is 4.02. The van der Waals surface area contributed by atoms with Crippen LogP contribution in [0, 0.1) is 19.8 Å². The van der Waals surface area contributed by atoms with Gasteiger partial charge in [0.25, 0.3) is 0 Å². The van der Waals surface area contributed by atoms with Crippen LogP contribution in [0.3, 0.4) is 0 Å². The average molecular weight is 368 g/mol. The van der Waals surface area contributed by atoms with E-state index in [1.807, 2.05) is 30.3 Å². The molecule has 0 bridgehead atoms. The van der Waals surface area contributed by atoms with E-state index in [0.717, 1.165) is 12.0 Å². The largest absolute Gasteiger partial charge is 0.273 e. The number of hydrogen-bond acceptors (Lipinski definition) is 2. The molecule has 3 heteroatoms. The zero-order valence-electron chi connectivity index (χ0n) is 16.2. The first-order valence-electron chi connectivity index (χ1n) is 9.62. The van der Waals surface area contributed by atoms with Gasteiger partial charge in [0.1, 0.15) is 0 Å². The Hall–Kier alpha value is -3.20. The molecule has 1 atom stereocenters. The lowest BCUT2D eigenvalue weighted by atomic mass is 9.84. The molecular weight excluding hydrogens is 344 g/mol. The van der Waals surface area contributed by atoms with Crippen molar-refractivity contribution in [1.82, 2.24) is 5.43 Å². The highest BCUT2D eigenvalue weighted by atomic mass is 16.2. The van der Waals surface area contributed by atoms with E-state index in [1.165, 1.54) is 22.3 Å². The highest BCUT2D eigenvalue weighted by Crippen LogP contribution is 2.59. The van der Waals surface area contributed by atoms with Gasteiger partial charge in [0.05, 0.1) is 12.1 Å². The van der Waals surface area contributed by atoms with Gasteiger partial charge in [-0.25, -0.2) is 5.43 Å². The van der Waals surface area contributed by atoms with Crippen LogP contribution in [0.25, 0.3) is 0 Å². The minimum atomic E-state index is -0.273. The number of hydrogen-bond donors (Lipinski definition) is 1. The third kappa shape index (κ3) is 3.48. The van der Waals surface area contributed by atoms with Crippen LogP contribution in [-0.4, -0.2) is 12.1 Å². The van der Waals surface area contributed by atoms with Gasteiger partial charge >= 0.3 is 0 Å². The second-order valence-corrected chi connectivity index (χ2v) is 7.61. The summed E-state index contributed by atoms with van der Waals surface area (Å²) in [5, 5.41) is 4.17. The first-order valence-corrected chi connectivity index (χ1v) is 9.62. The van der Waals surface area contributed by atoms with Gasteiger partial charge in [0, 0.05) is 5.41 Å². The molecule has 0 radical (unpaired) electrons.